The van der Waals surface area contributed by atoms with Crippen molar-refractivity contribution in [3.63, 3.8) is 0 Å². The number of hydrogen-bond donors (Lipinski definition) is 2. The Labute approximate surface area is 164 Å². The number of aliphatic hydroxyl groups excluding tert-OH is 1. The van der Waals surface area contributed by atoms with Crippen molar-refractivity contribution in [2.75, 3.05) is 0 Å². The van der Waals surface area contributed by atoms with Gasteiger partial charge in [0.25, 0.3) is 5.91 Å². The van der Waals surface area contributed by atoms with Gasteiger partial charge in [-0.2, -0.15) is 23.4 Å². The first kappa shape index (κ1) is 19.3. The zero-order valence-corrected chi connectivity index (χ0v) is 15.5. The molecule has 1 amide bonds. The summed E-state index contributed by atoms with van der Waals surface area (Å²) in [5.74, 6) is -0.143. The van der Waals surface area contributed by atoms with E-state index in [4.69, 9.17) is 0 Å². The smallest absolute Gasteiger partial charge is 0.378 e. The molecule has 2 N–H and O–H groups in total. The maximum absolute atomic E-state index is 12.9. The largest absolute Gasteiger partial charge is 0.420 e. The highest BCUT2D eigenvalue weighted by atomic mass is 19.4. The second kappa shape index (κ2) is 7.11. The van der Waals surface area contributed by atoms with Crippen LogP contribution in [-0.2, 0) is 0 Å². The summed E-state index contributed by atoms with van der Waals surface area (Å²) in [5.41, 5.74) is 2.45. The van der Waals surface area contributed by atoms with Gasteiger partial charge in [0.05, 0.1) is 6.20 Å². The van der Waals surface area contributed by atoms with Crippen molar-refractivity contribution in [3.8, 4) is 11.1 Å². The van der Waals surface area contributed by atoms with Crippen LogP contribution in [0.25, 0.3) is 21.9 Å². The second-order valence-electron chi connectivity index (χ2n) is 7.25. The fraction of sp³-hybridized carbons (Fsp3) is 0.286. The van der Waals surface area contributed by atoms with Crippen LogP contribution in [0.15, 0.2) is 42.6 Å². The van der Waals surface area contributed by atoms with E-state index in [1.165, 1.54) is 12.3 Å². The number of aryl methyl sites for hydroxylation is 1. The van der Waals surface area contributed by atoms with E-state index in [1.54, 1.807) is 24.3 Å². The Morgan fingerprint density at radius 1 is 1.21 bits per heavy atom. The number of alkyl halides is 3. The molecule has 5 nitrogen and oxygen atoms in total. The van der Waals surface area contributed by atoms with Gasteiger partial charge in [-0.15, -0.1) is 0 Å². The monoisotopic (exact) mass is 401 g/mol. The summed E-state index contributed by atoms with van der Waals surface area (Å²) in [6.45, 7) is 1.89. The molecule has 0 aliphatic heterocycles. The lowest BCUT2D eigenvalue weighted by Gasteiger charge is -2.16. The zero-order valence-electron chi connectivity index (χ0n) is 15.5. The third-order valence-corrected chi connectivity index (χ3v) is 4.98. The molecule has 1 atom stereocenters. The Kier molecular flexibility index (Phi) is 4.74. The van der Waals surface area contributed by atoms with Crippen molar-refractivity contribution < 1.29 is 23.1 Å². The topological polar surface area (TPSA) is 75.1 Å². The molecule has 0 bridgehead atoms. The first-order chi connectivity index (χ1) is 13.7. The van der Waals surface area contributed by atoms with Gasteiger partial charge in [-0.3, -0.25) is 4.79 Å². The third-order valence-electron chi connectivity index (χ3n) is 4.98. The summed E-state index contributed by atoms with van der Waals surface area (Å²) >= 11 is 0. The lowest BCUT2D eigenvalue weighted by Crippen LogP contribution is -2.25. The Bertz CT molecular complexity index is 1090. The molecule has 1 fully saturated rings. The number of carbonyl (C=O) groups excluding carboxylic acids is 1. The molecule has 1 aromatic heterocycles. The molecule has 3 aromatic rings. The van der Waals surface area contributed by atoms with Gasteiger partial charge >= 0.3 is 6.18 Å². The predicted octanol–water partition coefficient (Wildman–Crippen LogP) is 4.09. The van der Waals surface area contributed by atoms with E-state index >= 15 is 0 Å². The van der Waals surface area contributed by atoms with Gasteiger partial charge in [0.15, 0.2) is 6.10 Å². The van der Waals surface area contributed by atoms with Crippen molar-refractivity contribution in [1.29, 1.82) is 0 Å². The van der Waals surface area contributed by atoms with Gasteiger partial charge < -0.3 is 10.4 Å². The summed E-state index contributed by atoms with van der Waals surface area (Å²) in [6.07, 6.45) is -4.21. The maximum Gasteiger partial charge on any atom is 0.420 e. The van der Waals surface area contributed by atoms with Crippen LogP contribution in [-0.4, -0.2) is 33.4 Å². The Hall–Kier alpha value is -3.00. The van der Waals surface area contributed by atoms with E-state index in [1.807, 2.05) is 13.0 Å². The number of nitrogens with one attached hydrogen (secondary N) is 1. The standard InChI is InChI=1S/C21H18F3N3O2/c1-11-2-3-13(20(29)26-15-5-6-15)9-17(11)12-4-7-16-14(8-12)10-25-27-18(16)19(28)21(22,23)24/h2-4,7-10,15,19,28H,5-6H2,1H3,(H,26,29). The van der Waals surface area contributed by atoms with Crippen molar-refractivity contribution in [2.24, 2.45) is 0 Å². The van der Waals surface area contributed by atoms with Crippen LogP contribution in [0.4, 0.5) is 13.2 Å². The minimum atomic E-state index is -4.83. The van der Waals surface area contributed by atoms with E-state index in [2.05, 4.69) is 15.5 Å². The molecule has 4 rings (SSSR count). The average molecular weight is 401 g/mol. The Morgan fingerprint density at radius 3 is 2.66 bits per heavy atom. The SMILES string of the molecule is Cc1ccc(C(=O)NC2CC2)cc1-c1ccc2c(C(O)C(F)(F)F)nncc2c1. The van der Waals surface area contributed by atoms with Gasteiger partial charge in [-0.25, -0.2) is 0 Å². The van der Waals surface area contributed by atoms with Crippen LogP contribution in [0.3, 0.4) is 0 Å². The molecule has 1 saturated carbocycles. The van der Waals surface area contributed by atoms with Gasteiger partial charge in [0, 0.05) is 22.4 Å². The zero-order chi connectivity index (χ0) is 20.8. The normalized spacial score (nSPS) is 15.3. The highest BCUT2D eigenvalue weighted by Crippen LogP contribution is 2.36. The Morgan fingerprint density at radius 2 is 1.97 bits per heavy atom. The number of hydrogen-bond acceptors (Lipinski definition) is 4. The molecule has 1 unspecified atom stereocenters. The minimum Gasteiger partial charge on any atom is -0.378 e. The number of rotatable bonds is 4. The molecule has 8 heteroatoms. The van der Waals surface area contributed by atoms with Crippen LogP contribution in [0.5, 0.6) is 0 Å². The van der Waals surface area contributed by atoms with E-state index in [0.717, 1.165) is 29.5 Å². The molecule has 0 saturated heterocycles. The van der Waals surface area contributed by atoms with E-state index in [9.17, 15) is 23.1 Å². The van der Waals surface area contributed by atoms with Crippen molar-refractivity contribution in [2.45, 2.75) is 38.1 Å². The lowest BCUT2D eigenvalue weighted by atomic mass is 9.95. The number of aromatic nitrogens is 2. The molecule has 1 aliphatic carbocycles. The third kappa shape index (κ3) is 3.93. The summed E-state index contributed by atoms with van der Waals surface area (Å²) in [7, 11) is 0. The number of carbonyl (C=O) groups is 1. The second-order valence-corrected chi connectivity index (χ2v) is 7.25. The molecule has 150 valence electrons. The van der Waals surface area contributed by atoms with Crippen molar-refractivity contribution >= 4 is 16.7 Å². The minimum absolute atomic E-state index is 0.143. The summed E-state index contributed by atoms with van der Waals surface area (Å²) in [5, 5.41) is 20.2. The maximum atomic E-state index is 12.9. The number of nitrogens with zero attached hydrogens (tertiary/aromatic N) is 2. The van der Waals surface area contributed by atoms with Gasteiger partial charge in [0.1, 0.15) is 5.69 Å². The molecule has 0 spiro atoms. The number of amides is 1. The molecular formula is C21H18F3N3O2. The lowest BCUT2D eigenvalue weighted by molar-refractivity contribution is -0.207. The molecular weight excluding hydrogens is 383 g/mol. The Balaban J connectivity index is 1.74. The van der Waals surface area contributed by atoms with Gasteiger partial charge in [-0.05, 0) is 54.7 Å². The molecule has 1 aliphatic rings. The van der Waals surface area contributed by atoms with Crippen LogP contribution >= 0.6 is 0 Å². The number of halogens is 3. The van der Waals surface area contributed by atoms with E-state index < -0.39 is 18.0 Å². The van der Waals surface area contributed by atoms with Crippen LogP contribution in [0.2, 0.25) is 0 Å². The summed E-state index contributed by atoms with van der Waals surface area (Å²) in [4.78, 5) is 12.4. The quantitative estimate of drug-likeness (QED) is 0.691. The predicted molar refractivity (Wildman–Crippen MR) is 101 cm³/mol. The van der Waals surface area contributed by atoms with E-state index in [0.29, 0.717) is 10.9 Å². The molecule has 0 radical (unpaired) electrons. The van der Waals surface area contributed by atoms with Crippen LogP contribution in [0, 0.1) is 6.92 Å². The summed E-state index contributed by atoms with van der Waals surface area (Å²) < 4.78 is 38.8. The fourth-order valence-corrected chi connectivity index (χ4v) is 3.21. The highest BCUT2D eigenvalue weighted by molar-refractivity contribution is 5.97. The highest BCUT2D eigenvalue weighted by Gasteiger charge is 2.41. The fourth-order valence-electron chi connectivity index (χ4n) is 3.21. The molecule has 29 heavy (non-hydrogen) atoms. The van der Waals surface area contributed by atoms with Crippen LogP contribution < -0.4 is 5.32 Å². The van der Waals surface area contributed by atoms with E-state index in [-0.39, 0.29) is 17.3 Å². The van der Waals surface area contributed by atoms with Crippen LogP contribution in [0.1, 0.15) is 40.6 Å². The van der Waals surface area contributed by atoms with Crippen molar-refractivity contribution in [3.05, 3.63) is 59.4 Å². The average Bonchev–Trinajstić information content (AvgIpc) is 3.50. The molecule has 2 aromatic carbocycles. The first-order valence-electron chi connectivity index (χ1n) is 9.16. The summed E-state index contributed by atoms with van der Waals surface area (Å²) in [6, 6.07) is 10.4. The van der Waals surface area contributed by atoms with Gasteiger partial charge in [0.2, 0.25) is 0 Å². The first-order valence-corrected chi connectivity index (χ1v) is 9.16. The number of aliphatic hydroxyl groups is 1. The van der Waals surface area contributed by atoms with Crippen molar-refractivity contribution in [1.82, 2.24) is 15.5 Å². The van der Waals surface area contributed by atoms with Gasteiger partial charge in [-0.1, -0.05) is 18.2 Å². The number of benzene rings is 2. The number of fused-ring (bicyclic) bond motifs is 1. The molecule has 1 heterocycles.